The van der Waals surface area contributed by atoms with E-state index in [-0.39, 0.29) is 0 Å². The van der Waals surface area contributed by atoms with Crippen LogP contribution in [-0.2, 0) is 6.18 Å². The van der Waals surface area contributed by atoms with Crippen molar-refractivity contribution in [3.8, 4) is 0 Å². The van der Waals surface area contributed by atoms with E-state index in [2.05, 4.69) is 6.92 Å². The molecule has 0 radical (unpaired) electrons. The van der Waals surface area contributed by atoms with Gasteiger partial charge in [0.1, 0.15) is 11.3 Å². The molecule has 1 aromatic heterocycles. The molecule has 2 aromatic rings. The average Bonchev–Trinajstić information content (AvgIpc) is 2.76. The highest BCUT2D eigenvalue weighted by Gasteiger charge is 2.31. The summed E-state index contributed by atoms with van der Waals surface area (Å²) in [4.78, 5) is 0. The second-order valence-electron chi connectivity index (χ2n) is 5.18. The van der Waals surface area contributed by atoms with Crippen molar-refractivity contribution >= 4 is 16.5 Å². The van der Waals surface area contributed by atoms with Crippen molar-refractivity contribution < 1.29 is 17.6 Å². The first-order valence-corrected chi connectivity index (χ1v) is 7.14. The molecule has 1 nitrogen and oxygen atoms in total. The van der Waals surface area contributed by atoms with Gasteiger partial charge in [0.2, 0.25) is 0 Å². The van der Waals surface area contributed by atoms with E-state index >= 15 is 0 Å². The second kappa shape index (κ2) is 5.96. The molecule has 0 bridgehead atoms. The predicted octanol–water partition coefficient (Wildman–Crippen LogP) is 6.35. The lowest BCUT2D eigenvalue weighted by molar-refractivity contribution is -0.137. The van der Waals surface area contributed by atoms with Crippen LogP contribution in [0.15, 0.2) is 28.7 Å². The van der Waals surface area contributed by atoms with E-state index in [1.165, 1.54) is 6.07 Å². The number of allylic oxidation sites excluding steroid dienone is 2. The maximum atomic E-state index is 12.8. The first-order valence-electron chi connectivity index (χ1n) is 7.14. The molecule has 0 saturated heterocycles. The van der Waals surface area contributed by atoms with Crippen molar-refractivity contribution in [3.05, 3.63) is 41.2 Å². The van der Waals surface area contributed by atoms with Crippen molar-refractivity contribution in [3.63, 3.8) is 0 Å². The SMILES string of the molecule is C/C=C(\CCCC)c1oc2cc(C(F)(F)F)ccc2c1C. The Kier molecular flexibility index (Phi) is 4.45. The van der Waals surface area contributed by atoms with Gasteiger partial charge >= 0.3 is 6.18 Å². The first-order chi connectivity index (χ1) is 9.88. The molecule has 2 rings (SSSR count). The molecule has 0 atom stereocenters. The summed E-state index contributed by atoms with van der Waals surface area (Å²) in [6.45, 7) is 5.93. The molecule has 0 aliphatic heterocycles. The van der Waals surface area contributed by atoms with Crippen molar-refractivity contribution in [2.45, 2.75) is 46.2 Å². The summed E-state index contributed by atoms with van der Waals surface area (Å²) in [5, 5.41) is 0.744. The van der Waals surface area contributed by atoms with E-state index in [1.807, 2.05) is 19.9 Å². The average molecular weight is 296 g/mol. The van der Waals surface area contributed by atoms with Gasteiger partial charge in [-0.2, -0.15) is 13.2 Å². The highest BCUT2D eigenvalue weighted by Crippen LogP contribution is 2.36. The molecule has 0 unspecified atom stereocenters. The Morgan fingerprint density at radius 2 is 2.00 bits per heavy atom. The van der Waals surface area contributed by atoms with Crippen LogP contribution in [0.5, 0.6) is 0 Å². The van der Waals surface area contributed by atoms with Crippen LogP contribution in [0.4, 0.5) is 13.2 Å². The Labute approximate surface area is 122 Å². The van der Waals surface area contributed by atoms with Gasteiger partial charge in [-0.05, 0) is 44.4 Å². The molecule has 1 aromatic carbocycles. The number of alkyl halides is 3. The third kappa shape index (κ3) is 3.14. The fourth-order valence-electron chi connectivity index (χ4n) is 2.46. The molecule has 0 N–H and O–H groups in total. The number of hydrogen-bond donors (Lipinski definition) is 0. The van der Waals surface area contributed by atoms with E-state index in [4.69, 9.17) is 4.42 Å². The molecule has 0 spiro atoms. The molecule has 4 heteroatoms. The largest absolute Gasteiger partial charge is 0.456 e. The maximum Gasteiger partial charge on any atom is 0.416 e. The van der Waals surface area contributed by atoms with Crippen LogP contribution >= 0.6 is 0 Å². The van der Waals surface area contributed by atoms with Gasteiger partial charge in [-0.25, -0.2) is 0 Å². The summed E-state index contributed by atoms with van der Waals surface area (Å²) >= 11 is 0. The zero-order chi connectivity index (χ0) is 15.6. The lowest BCUT2D eigenvalue weighted by atomic mass is 10.0. The number of hydrogen-bond acceptors (Lipinski definition) is 1. The monoisotopic (exact) mass is 296 g/mol. The normalized spacial score (nSPS) is 13.1. The lowest BCUT2D eigenvalue weighted by Crippen LogP contribution is -2.03. The Bertz CT molecular complexity index is 662. The quantitative estimate of drug-likeness (QED) is 0.640. The molecule has 0 saturated carbocycles. The first kappa shape index (κ1) is 15.7. The minimum Gasteiger partial charge on any atom is -0.456 e. The zero-order valence-corrected chi connectivity index (χ0v) is 12.5. The minimum absolute atomic E-state index is 0.299. The number of unbranched alkanes of at least 4 members (excludes halogenated alkanes) is 1. The summed E-state index contributed by atoms with van der Waals surface area (Å²) in [5.41, 5.74) is 1.58. The molecular weight excluding hydrogens is 277 g/mol. The van der Waals surface area contributed by atoms with E-state index in [0.717, 1.165) is 47.9 Å². The molecular formula is C17H19F3O. The number of furan rings is 1. The molecule has 114 valence electrons. The van der Waals surface area contributed by atoms with Crippen LogP contribution in [0.2, 0.25) is 0 Å². The van der Waals surface area contributed by atoms with E-state index in [1.54, 1.807) is 0 Å². The number of rotatable bonds is 4. The summed E-state index contributed by atoms with van der Waals surface area (Å²) in [7, 11) is 0. The molecule has 0 amide bonds. The summed E-state index contributed by atoms with van der Waals surface area (Å²) < 4.78 is 44.0. The highest BCUT2D eigenvalue weighted by molar-refractivity contribution is 5.87. The smallest absolute Gasteiger partial charge is 0.416 e. The van der Waals surface area contributed by atoms with Gasteiger partial charge in [0.05, 0.1) is 5.56 Å². The van der Waals surface area contributed by atoms with E-state index in [0.29, 0.717) is 11.3 Å². The van der Waals surface area contributed by atoms with Crippen LogP contribution in [0, 0.1) is 6.92 Å². The standard InChI is InChI=1S/C17H19F3O/c1-4-6-7-12(5-2)16-11(3)14-9-8-13(17(18,19)20)10-15(14)21-16/h5,8-10H,4,6-7H2,1-3H3/b12-5+. The van der Waals surface area contributed by atoms with Gasteiger partial charge in [0.25, 0.3) is 0 Å². The van der Waals surface area contributed by atoms with Crippen molar-refractivity contribution in [1.29, 1.82) is 0 Å². The van der Waals surface area contributed by atoms with Gasteiger partial charge in [-0.1, -0.05) is 25.5 Å². The van der Waals surface area contributed by atoms with Crippen LogP contribution < -0.4 is 0 Å². The third-order valence-electron chi connectivity index (χ3n) is 3.71. The highest BCUT2D eigenvalue weighted by atomic mass is 19.4. The fourth-order valence-corrected chi connectivity index (χ4v) is 2.46. The second-order valence-corrected chi connectivity index (χ2v) is 5.18. The fraction of sp³-hybridized carbons (Fsp3) is 0.412. The van der Waals surface area contributed by atoms with Crippen LogP contribution in [-0.4, -0.2) is 0 Å². The maximum absolute atomic E-state index is 12.8. The Hall–Kier alpha value is -1.71. The van der Waals surface area contributed by atoms with Gasteiger partial charge in [-0.3, -0.25) is 0 Å². The third-order valence-corrected chi connectivity index (χ3v) is 3.71. The molecule has 0 aliphatic carbocycles. The molecule has 21 heavy (non-hydrogen) atoms. The van der Waals surface area contributed by atoms with Crippen molar-refractivity contribution in [2.75, 3.05) is 0 Å². The van der Waals surface area contributed by atoms with Gasteiger partial charge in [0.15, 0.2) is 0 Å². The lowest BCUT2D eigenvalue weighted by Gasteiger charge is -2.05. The summed E-state index contributed by atoms with van der Waals surface area (Å²) in [6.07, 6.45) is 0.602. The predicted molar refractivity (Wildman–Crippen MR) is 79.1 cm³/mol. The Morgan fingerprint density at radius 1 is 1.29 bits per heavy atom. The van der Waals surface area contributed by atoms with Crippen LogP contribution in [0.25, 0.3) is 16.5 Å². The Balaban J connectivity index is 2.50. The van der Waals surface area contributed by atoms with Crippen molar-refractivity contribution in [1.82, 2.24) is 0 Å². The van der Waals surface area contributed by atoms with Gasteiger partial charge in [0, 0.05) is 10.9 Å². The van der Waals surface area contributed by atoms with E-state index in [9.17, 15) is 13.2 Å². The molecule has 1 heterocycles. The van der Waals surface area contributed by atoms with Gasteiger partial charge in [-0.15, -0.1) is 0 Å². The number of aryl methyl sites for hydroxylation is 1. The number of benzene rings is 1. The number of halogens is 3. The molecule has 0 fully saturated rings. The number of fused-ring (bicyclic) bond motifs is 1. The van der Waals surface area contributed by atoms with E-state index < -0.39 is 11.7 Å². The molecule has 0 aliphatic rings. The van der Waals surface area contributed by atoms with Gasteiger partial charge < -0.3 is 4.42 Å². The van der Waals surface area contributed by atoms with Crippen LogP contribution in [0.1, 0.15) is 50.0 Å². The van der Waals surface area contributed by atoms with Crippen molar-refractivity contribution in [2.24, 2.45) is 0 Å². The Morgan fingerprint density at radius 3 is 2.57 bits per heavy atom. The topological polar surface area (TPSA) is 13.1 Å². The minimum atomic E-state index is -4.35. The summed E-state index contributed by atoms with van der Waals surface area (Å²) in [6, 6.07) is 3.68. The zero-order valence-electron chi connectivity index (χ0n) is 12.5. The summed E-state index contributed by atoms with van der Waals surface area (Å²) in [5.74, 6) is 0.709. The van der Waals surface area contributed by atoms with Crippen LogP contribution in [0.3, 0.4) is 0 Å².